The fraction of sp³-hybridized carbons (Fsp3) is 0.333. The topological polar surface area (TPSA) is 67.4 Å². The second-order valence-electron chi connectivity index (χ2n) is 4.01. The highest BCUT2D eigenvalue weighted by molar-refractivity contribution is 8.00. The molecular formula is C12H13N5S. The third kappa shape index (κ3) is 3.08. The van der Waals surface area contributed by atoms with Crippen LogP contribution < -0.4 is 0 Å². The van der Waals surface area contributed by atoms with Gasteiger partial charge in [0.25, 0.3) is 0 Å². The Bertz CT molecular complexity index is 555. The Morgan fingerprint density at radius 1 is 1.39 bits per heavy atom. The summed E-state index contributed by atoms with van der Waals surface area (Å²) in [6.45, 7) is 2.05. The predicted octanol–water partition coefficient (Wildman–Crippen LogP) is 1.75. The van der Waals surface area contributed by atoms with E-state index in [1.807, 2.05) is 6.92 Å². The van der Waals surface area contributed by atoms with Crippen LogP contribution in [-0.4, -0.2) is 25.5 Å². The summed E-state index contributed by atoms with van der Waals surface area (Å²) in [5.74, 6) is 0. The van der Waals surface area contributed by atoms with Crippen molar-refractivity contribution in [3.63, 3.8) is 0 Å². The van der Waals surface area contributed by atoms with Crippen LogP contribution in [0.4, 0.5) is 0 Å². The Morgan fingerprint density at radius 3 is 2.67 bits per heavy atom. The second kappa shape index (κ2) is 5.65. The summed E-state index contributed by atoms with van der Waals surface area (Å²) in [5, 5.41) is 20.8. The van der Waals surface area contributed by atoms with Gasteiger partial charge >= 0.3 is 0 Å². The van der Waals surface area contributed by atoms with Crippen molar-refractivity contribution in [1.82, 2.24) is 20.2 Å². The largest absolute Gasteiger partial charge is 0.224 e. The first kappa shape index (κ1) is 12.6. The van der Waals surface area contributed by atoms with Gasteiger partial charge in [-0.3, -0.25) is 0 Å². The quantitative estimate of drug-likeness (QED) is 0.782. The molecule has 0 aliphatic heterocycles. The number of rotatable bonds is 4. The lowest BCUT2D eigenvalue weighted by Gasteiger charge is -2.07. The molecule has 92 valence electrons. The van der Waals surface area contributed by atoms with E-state index in [0.29, 0.717) is 11.6 Å². The Labute approximate surface area is 110 Å². The molecule has 0 saturated carbocycles. The normalized spacial score (nSPS) is 12.1. The maximum Gasteiger partial charge on any atom is 0.210 e. The first-order chi connectivity index (χ1) is 8.69. The Morgan fingerprint density at radius 2 is 2.11 bits per heavy atom. The van der Waals surface area contributed by atoms with Gasteiger partial charge < -0.3 is 0 Å². The zero-order chi connectivity index (χ0) is 13.0. The number of tetrazole rings is 1. The van der Waals surface area contributed by atoms with Crippen LogP contribution in [0, 0.1) is 18.3 Å². The first-order valence-corrected chi connectivity index (χ1v) is 6.41. The maximum atomic E-state index is 9.18. The SMILES string of the molecule is Cc1ccc(C[C@H](C#N)Sc2nnnn2C)cc1. The van der Waals surface area contributed by atoms with Gasteiger partial charge in [-0.05, 0) is 29.3 Å². The van der Waals surface area contributed by atoms with Crippen LogP contribution in [0.1, 0.15) is 11.1 Å². The number of aromatic nitrogens is 4. The van der Waals surface area contributed by atoms with E-state index in [2.05, 4.69) is 45.9 Å². The summed E-state index contributed by atoms with van der Waals surface area (Å²) in [5.41, 5.74) is 2.37. The van der Waals surface area contributed by atoms with Crippen molar-refractivity contribution in [2.24, 2.45) is 7.05 Å². The second-order valence-corrected chi connectivity index (χ2v) is 5.18. The molecule has 0 bridgehead atoms. The van der Waals surface area contributed by atoms with Crippen molar-refractivity contribution in [3.8, 4) is 6.07 Å². The molecule has 0 unspecified atom stereocenters. The molecule has 0 aliphatic carbocycles. The molecule has 0 saturated heterocycles. The molecule has 1 aromatic carbocycles. The van der Waals surface area contributed by atoms with E-state index in [1.165, 1.54) is 17.3 Å². The number of thioether (sulfide) groups is 1. The smallest absolute Gasteiger partial charge is 0.210 e. The summed E-state index contributed by atoms with van der Waals surface area (Å²) >= 11 is 1.39. The molecule has 0 radical (unpaired) electrons. The molecular weight excluding hydrogens is 246 g/mol. The molecule has 1 aromatic heterocycles. The van der Waals surface area contributed by atoms with E-state index >= 15 is 0 Å². The summed E-state index contributed by atoms with van der Waals surface area (Å²) in [6, 6.07) is 10.5. The van der Waals surface area contributed by atoms with Crippen LogP contribution in [-0.2, 0) is 13.5 Å². The number of nitrogens with zero attached hydrogens (tertiary/aromatic N) is 5. The van der Waals surface area contributed by atoms with Crippen molar-refractivity contribution < 1.29 is 0 Å². The molecule has 0 N–H and O–H groups in total. The summed E-state index contributed by atoms with van der Waals surface area (Å²) < 4.78 is 1.57. The van der Waals surface area contributed by atoms with Gasteiger partial charge in [0, 0.05) is 7.05 Å². The van der Waals surface area contributed by atoms with Gasteiger partial charge in [-0.1, -0.05) is 41.6 Å². The van der Waals surface area contributed by atoms with Gasteiger partial charge in [0.15, 0.2) is 0 Å². The molecule has 5 nitrogen and oxygen atoms in total. The molecule has 0 fully saturated rings. The Hall–Kier alpha value is -1.87. The van der Waals surface area contributed by atoms with Gasteiger partial charge in [0.1, 0.15) is 5.25 Å². The van der Waals surface area contributed by atoms with Crippen molar-refractivity contribution >= 4 is 11.8 Å². The van der Waals surface area contributed by atoms with E-state index in [-0.39, 0.29) is 5.25 Å². The number of nitriles is 1. The number of hydrogen-bond donors (Lipinski definition) is 0. The molecule has 1 heterocycles. The molecule has 6 heteroatoms. The van der Waals surface area contributed by atoms with E-state index in [1.54, 1.807) is 11.7 Å². The van der Waals surface area contributed by atoms with Crippen molar-refractivity contribution in [1.29, 1.82) is 5.26 Å². The number of benzene rings is 1. The summed E-state index contributed by atoms with van der Waals surface area (Å²) in [4.78, 5) is 0. The minimum atomic E-state index is -0.183. The molecule has 0 amide bonds. The molecule has 0 aliphatic rings. The first-order valence-electron chi connectivity index (χ1n) is 5.53. The van der Waals surface area contributed by atoms with Gasteiger partial charge in [0.2, 0.25) is 5.16 Å². The fourth-order valence-corrected chi connectivity index (χ4v) is 2.36. The molecule has 0 spiro atoms. The molecule has 1 atom stereocenters. The lowest BCUT2D eigenvalue weighted by atomic mass is 10.1. The van der Waals surface area contributed by atoms with Crippen LogP contribution in [0.15, 0.2) is 29.4 Å². The lowest BCUT2D eigenvalue weighted by Crippen LogP contribution is -2.06. The van der Waals surface area contributed by atoms with Crippen molar-refractivity contribution in [3.05, 3.63) is 35.4 Å². The lowest BCUT2D eigenvalue weighted by molar-refractivity contribution is 0.664. The highest BCUT2D eigenvalue weighted by atomic mass is 32.2. The Balaban J connectivity index is 2.04. The average Bonchev–Trinajstić information content (AvgIpc) is 2.77. The van der Waals surface area contributed by atoms with E-state index in [9.17, 15) is 5.26 Å². The average molecular weight is 259 g/mol. The Kier molecular flexibility index (Phi) is 3.95. The third-order valence-electron chi connectivity index (χ3n) is 2.51. The van der Waals surface area contributed by atoms with Crippen molar-refractivity contribution in [2.75, 3.05) is 0 Å². The molecule has 2 aromatic rings. The maximum absolute atomic E-state index is 9.18. The summed E-state index contributed by atoms with van der Waals surface area (Å²) in [7, 11) is 1.77. The van der Waals surface area contributed by atoms with E-state index < -0.39 is 0 Å². The van der Waals surface area contributed by atoms with Crippen LogP contribution in [0.3, 0.4) is 0 Å². The zero-order valence-corrected chi connectivity index (χ0v) is 11.1. The van der Waals surface area contributed by atoms with Gasteiger partial charge in [-0.2, -0.15) is 5.26 Å². The predicted molar refractivity (Wildman–Crippen MR) is 68.9 cm³/mol. The van der Waals surface area contributed by atoms with Gasteiger partial charge in [0.05, 0.1) is 6.07 Å². The van der Waals surface area contributed by atoms with Crippen LogP contribution >= 0.6 is 11.8 Å². The van der Waals surface area contributed by atoms with Gasteiger partial charge in [-0.25, -0.2) is 4.68 Å². The highest BCUT2D eigenvalue weighted by Gasteiger charge is 2.14. The van der Waals surface area contributed by atoms with Crippen LogP contribution in [0.25, 0.3) is 0 Å². The minimum Gasteiger partial charge on any atom is -0.224 e. The van der Waals surface area contributed by atoms with Gasteiger partial charge in [-0.15, -0.1) is 5.10 Å². The van der Waals surface area contributed by atoms with Crippen LogP contribution in [0.5, 0.6) is 0 Å². The van der Waals surface area contributed by atoms with Crippen LogP contribution in [0.2, 0.25) is 0 Å². The highest BCUT2D eigenvalue weighted by Crippen LogP contribution is 2.22. The fourth-order valence-electron chi connectivity index (χ4n) is 1.50. The summed E-state index contributed by atoms with van der Waals surface area (Å²) in [6.07, 6.45) is 0.689. The third-order valence-corrected chi connectivity index (χ3v) is 3.63. The number of aryl methyl sites for hydroxylation is 2. The molecule has 18 heavy (non-hydrogen) atoms. The molecule has 2 rings (SSSR count). The zero-order valence-electron chi connectivity index (χ0n) is 10.2. The minimum absolute atomic E-state index is 0.183. The monoisotopic (exact) mass is 259 g/mol. The van der Waals surface area contributed by atoms with E-state index in [4.69, 9.17) is 0 Å². The van der Waals surface area contributed by atoms with E-state index in [0.717, 1.165) is 5.56 Å². The number of hydrogen-bond acceptors (Lipinski definition) is 5. The standard InChI is InChI=1S/C12H13N5S/c1-9-3-5-10(6-4-9)7-11(8-13)18-12-14-15-16-17(12)2/h3-6,11H,7H2,1-2H3/t11-/m1/s1. The van der Waals surface area contributed by atoms with Crippen molar-refractivity contribution in [2.45, 2.75) is 23.8 Å².